The Morgan fingerprint density at radius 1 is 1.47 bits per heavy atom. The minimum atomic E-state index is -0.629. The number of amides is 1. The van der Waals surface area contributed by atoms with Crippen molar-refractivity contribution >= 4 is 23.6 Å². The molecule has 92 valence electrons. The van der Waals surface area contributed by atoms with Gasteiger partial charge >= 0.3 is 5.97 Å². The van der Waals surface area contributed by atoms with Crippen LogP contribution in [0.2, 0.25) is 0 Å². The van der Waals surface area contributed by atoms with Gasteiger partial charge in [0, 0.05) is 30.0 Å². The van der Waals surface area contributed by atoms with E-state index in [1.165, 1.54) is 25.8 Å². The van der Waals surface area contributed by atoms with E-state index in [2.05, 4.69) is 15.0 Å². The first-order valence-corrected chi connectivity index (χ1v) is 6.00. The van der Waals surface area contributed by atoms with Crippen LogP contribution in [0.4, 0.5) is 0 Å². The highest BCUT2D eigenvalue weighted by molar-refractivity contribution is 7.99. The second-order valence-electron chi connectivity index (χ2n) is 3.27. The van der Waals surface area contributed by atoms with Crippen LogP contribution >= 0.6 is 11.8 Å². The van der Waals surface area contributed by atoms with E-state index in [0.717, 1.165) is 4.90 Å². The van der Waals surface area contributed by atoms with Crippen molar-refractivity contribution in [2.45, 2.75) is 17.9 Å². The normalized spacial score (nSPS) is 11.6. The van der Waals surface area contributed by atoms with Crippen LogP contribution in [0, 0.1) is 0 Å². The number of carbonyl (C=O) groups is 2. The molecular formula is C11H14N2O3S. The molecule has 6 heteroatoms. The van der Waals surface area contributed by atoms with Crippen LogP contribution in [0.15, 0.2) is 29.4 Å². The lowest BCUT2D eigenvalue weighted by Crippen LogP contribution is -2.42. The van der Waals surface area contributed by atoms with Crippen molar-refractivity contribution in [3.05, 3.63) is 24.5 Å². The van der Waals surface area contributed by atoms with Crippen LogP contribution in [-0.4, -0.2) is 35.8 Å². The molecule has 1 unspecified atom stereocenters. The summed E-state index contributed by atoms with van der Waals surface area (Å²) in [5.74, 6) is -0.270. The number of aromatic nitrogens is 1. The molecule has 1 amide bonds. The Kier molecular flexibility index (Phi) is 5.48. The monoisotopic (exact) mass is 254 g/mol. The summed E-state index contributed by atoms with van der Waals surface area (Å²) < 4.78 is 4.62. The van der Waals surface area contributed by atoms with E-state index in [0.29, 0.717) is 5.75 Å². The maximum absolute atomic E-state index is 11.4. The average molecular weight is 254 g/mol. The molecule has 0 radical (unpaired) electrons. The van der Waals surface area contributed by atoms with Gasteiger partial charge in [0.1, 0.15) is 6.04 Å². The van der Waals surface area contributed by atoms with E-state index in [1.807, 2.05) is 12.1 Å². The van der Waals surface area contributed by atoms with Crippen LogP contribution in [-0.2, 0) is 14.3 Å². The number of rotatable bonds is 5. The molecule has 0 saturated carbocycles. The van der Waals surface area contributed by atoms with Crippen molar-refractivity contribution in [1.29, 1.82) is 0 Å². The number of thioether (sulfide) groups is 1. The Balaban J connectivity index is 2.55. The van der Waals surface area contributed by atoms with Gasteiger partial charge in [-0.1, -0.05) is 0 Å². The summed E-state index contributed by atoms with van der Waals surface area (Å²) in [7, 11) is 1.30. The van der Waals surface area contributed by atoms with Crippen LogP contribution in [0.3, 0.4) is 0 Å². The molecule has 0 aliphatic heterocycles. The number of ether oxygens (including phenoxy) is 1. The summed E-state index contributed by atoms with van der Waals surface area (Å²) in [4.78, 5) is 27.2. The summed E-state index contributed by atoms with van der Waals surface area (Å²) >= 11 is 1.46. The predicted molar refractivity (Wildman–Crippen MR) is 64.6 cm³/mol. The van der Waals surface area contributed by atoms with Crippen LogP contribution in [0.25, 0.3) is 0 Å². The van der Waals surface area contributed by atoms with Gasteiger partial charge < -0.3 is 10.1 Å². The number of pyridine rings is 1. The molecule has 0 bridgehead atoms. The molecule has 5 nitrogen and oxygen atoms in total. The van der Waals surface area contributed by atoms with E-state index >= 15 is 0 Å². The predicted octanol–water partition coefficient (Wildman–Crippen LogP) is 0.851. The number of carbonyl (C=O) groups excluding carboxylic acids is 2. The summed E-state index contributed by atoms with van der Waals surface area (Å²) in [5, 5.41) is 2.55. The Hall–Kier alpha value is -1.56. The van der Waals surface area contributed by atoms with E-state index < -0.39 is 12.0 Å². The first kappa shape index (κ1) is 13.5. The quantitative estimate of drug-likeness (QED) is 0.623. The molecular weight excluding hydrogens is 240 g/mol. The van der Waals surface area contributed by atoms with Gasteiger partial charge in [-0.25, -0.2) is 4.79 Å². The maximum Gasteiger partial charge on any atom is 0.329 e. The molecule has 1 N–H and O–H groups in total. The fraction of sp³-hybridized carbons (Fsp3) is 0.364. The highest BCUT2D eigenvalue weighted by Crippen LogP contribution is 2.17. The molecule has 0 aromatic carbocycles. The number of methoxy groups -OCH3 is 1. The SMILES string of the molecule is COC(=O)C(CSc1ccncc1)NC(C)=O. The van der Waals surface area contributed by atoms with Crippen molar-refractivity contribution in [2.75, 3.05) is 12.9 Å². The lowest BCUT2D eigenvalue weighted by Gasteiger charge is -2.14. The van der Waals surface area contributed by atoms with Crippen molar-refractivity contribution in [3.63, 3.8) is 0 Å². The summed E-state index contributed by atoms with van der Waals surface area (Å²) in [5.41, 5.74) is 0. The van der Waals surface area contributed by atoms with Gasteiger partial charge in [-0.15, -0.1) is 11.8 Å². The van der Waals surface area contributed by atoms with Gasteiger partial charge in [-0.2, -0.15) is 0 Å². The number of nitrogens with zero attached hydrogens (tertiary/aromatic N) is 1. The van der Waals surface area contributed by atoms with Crippen molar-refractivity contribution < 1.29 is 14.3 Å². The standard InChI is InChI=1S/C11H14N2O3S/c1-8(14)13-10(11(15)16-2)7-17-9-3-5-12-6-4-9/h3-6,10H,7H2,1-2H3,(H,13,14). The van der Waals surface area contributed by atoms with Crippen LogP contribution in [0.1, 0.15) is 6.92 Å². The molecule has 0 aliphatic carbocycles. The lowest BCUT2D eigenvalue weighted by atomic mass is 10.3. The first-order chi connectivity index (χ1) is 8.13. The Morgan fingerprint density at radius 2 is 2.12 bits per heavy atom. The van der Waals surface area contributed by atoms with Gasteiger partial charge in [0.2, 0.25) is 5.91 Å². The summed E-state index contributed by atoms with van der Waals surface area (Å²) in [6, 6.07) is 3.05. The fourth-order valence-electron chi connectivity index (χ4n) is 1.17. The third-order valence-corrected chi connectivity index (χ3v) is 3.04. The third-order valence-electron chi connectivity index (χ3n) is 1.93. The van der Waals surface area contributed by atoms with Gasteiger partial charge in [0.05, 0.1) is 7.11 Å². The summed E-state index contributed by atoms with van der Waals surface area (Å²) in [6.07, 6.45) is 3.35. The van der Waals surface area contributed by atoms with Gasteiger partial charge in [0.25, 0.3) is 0 Å². The minimum absolute atomic E-state index is 0.254. The minimum Gasteiger partial charge on any atom is -0.467 e. The zero-order valence-electron chi connectivity index (χ0n) is 9.67. The molecule has 17 heavy (non-hydrogen) atoms. The molecule has 1 heterocycles. The van der Waals surface area contributed by atoms with E-state index in [1.54, 1.807) is 12.4 Å². The largest absolute Gasteiger partial charge is 0.467 e. The number of hydrogen-bond donors (Lipinski definition) is 1. The number of esters is 1. The van der Waals surface area contributed by atoms with Crippen molar-refractivity contribution in [3.8, 4) is 0 Å². The lowest BCUT2D eigenvalue weighted by molar-refractivity contribution is -0.144. The van der Waals surface area contributed by atoms with Gasteiger partial charge in [0.15, 0.2) is 0 Å². The Morgan fingerprint density at radius 3 is 2.65 bits per heavy atom. The molecule has 0 saturated heterocycles. The Bertz CT molecular complexity index is 384. The summed E-state index contributed by atoms with van der Waals surface area (Å²) in [6.45, 7) is 1.37. The molecule has 1 aromatic rings. The second kappa shape index (κ2) is 6.90. The van der Waals surface area contributed by atoms with Crippen molar-refractivity contribution in [2.24, 2.45) is 0 Å². The molecule has 1 rings (SSSR count). The highest BCUT2D eigenvalue weighted by atomic mass is 32.2. The number of hydrogen-bond acceptors (Lipinski definition) is 5. The third kappa shape index (κ3) is 4.86. The maximum atomic E-state index is 11.4. The smallest absolute Gasteiger partial charge is 0.329 e. The average Bonchev–Trinajstić information content (AvgIpc) is 2.34. The Labute approximate surface area is 104 Å². The fourth-order valence-corrected chi connectivity index (χ4v) is 2.06. The van der Waals surface area contributed by atoms with E-state index in [4.69, 9.17) is 0 Å². The van der Waals surface area contributed by atoms with Crippen LogP contribution < -0.4 is 5.32 Å². The van der Waals surface area contributed by atoms with Crippen LogP contribution in [0.5, 0.6) is 0 Å². The van der Waals surface area contributed by atoms with E-state index in [9.17, 15) is 9.59 Å². The molecule has 1 atom stereocenters. The van der Waals surface area contributed by atoms with E-state index in [-0.39, 0.29) is 5.91 Å². The zero-order chi connectivity index (χ0) is 12.7. The van der Waals surface area contributed by atoms with Crippen molar-refractivity contribution in [1.82, 2.24) is 10.3 Å². The van der Waals surface area contributed by atoms with Gasteiger partial charge in [-0.3, -0.25) is 9.78 Å². The molecule has 0 aliphatic rings. The topological polar surface area (TPSA) is 68.3 Å². The van der Waals surface area contributed by atoms with Gasteiger partial charge in [-0.05, 0) is 12.1 Å². The first-order valence-electron chi connectivity index (χ1n) is 5.01. The number of nitrogens with one attached hydrogen (secondary N) is 1. The molecule has 0 fully saturated rings. The molecule has 0 spiro atoms. The second-order valence-corrected chi connectivity index (χ2v) is 4.36. The highest BCUT2D eigenvalue weighted by Gasteiger charge is 2.20. The zero-order valence-corrected chi connectivity index (χ0v) is 10.5. The molecule has 1 aromatic heterocycles.